The smallest absolute Gasteiger partial charge is 0.300 e. The molecule has 0 aliphatic rings. The molecule has 11 heteroatoms. The molecule has 0 aliphatic heterocycles. The average molecular weight is 481 g/mol. The maximum Gasteiger partial charge on any atom is 0.300 e. The quantitative estimate of drug-likeness (QED) is 0.325. The van der Waals surface area contributed by atoms with E-state index in [1.54, 1.807) is 0 Å². The van der Waals surface area contributed by atoms with Crippen LogP contribution in [0.2, 0.25) is 0 Å². The first-order chi connectivity index (χ1) is 8.66. The van der Waals surface area contributed by atoms with Crippen molar-refractivity contribution in [2.45, 2.75) is 34.6 Å². The van der Waals surface area contributed by atoms with Gasteiger partial charge in [0, 0.05) is 57.0 Å². The summed E-state index contributed by atoms with van der Waals surface area (Å²) in [6, 6.07) is 0. The second-order valence-electron chi connectivity index (χ2n) is 2.60. The Labute approximate surface area is 136 Å². The minimum absolute atomic E-state index is 0. The first kappa shape index (κ1) is 36.5. The summed E-state index contributed by atoms with van der Waals surface area (Å²) in [5.74, 6) is -4.17. The van der Waals surface area contributed by atoms with Crippen LogP contribution < -0.4 is 0 Å². The number of hydrogen-bond donors (Lipinski definition) is 5. The molecule has 1 radical (unpaired) electrons. The van der Waals surface area contributed by atoms with E-state index in [-0.39, 0.29) is 22.4 Å². The van der Waals surface area contributed by atoms with Crippen molar-refractivity contribution in [1.29, 1.82) is 0 Å². The first-order valence-electron chi connectivity index (χ1n) is 4.64. The summed E-state index contributed by atoms with van der Waals surface area (Å²) in [5, 5.41) is 37.1. The molecule has 125 valence electrons. The molecular weight excluding hydrogens is 461 g/mol. The predicted octanol–water partition coefficient (Wildman–Crippen LogP) is 0.452. The molecule has 5 N–H and O–H groups in total. The second kappa shape index (κ2) is 30.8. The molecule has 0 atom stereocenters. The van der Waals surface area contributed by atoms with Gasteiger partial charge < -0.3 is 25.5 Å². The van der Waals surface area contributed by atoms with Crippen LogP contribution in [0, 0.1) is 0 Å². The maximum absolute atomic E-state index is 9.00. The third-order valence-electron chi connectivity index (χ3n) is 0. The van der Waals surface area contributed by atoms with Gasteiger partial charge in [-0.15, -0.1) is 0 Å². The van der Waals surface area contributed by atoms with E-state index in [4.69, 9.17) is 49.5 Å². The molecule has 0 aliphatic carbocycles. The first-order valence-corrected chi connectivity index (χ1v) is 4.64. The van der Waals surface area contributed by atoms with E-state index in [1.165, 1.54) is 0 Å². The Morgan fingerprint density at radius 2 is 0.429 bits per heavy atom. The average Bonchev–Trinajstić information content (AvgIpc) is 1.94. The molecule has 0 aromatic rings. The van der Waals surface area contributed by atoms with E-state index < -0.39 is 29.8 Å². The normalized spacial score (nSPS) is 5.95. The van der Waals surface area contributed by atoms with Gasteiger partial charge in [0.15, 0.2) is 0 Å². The van der Waals surface area contributed by atoms with Gasteiger partial charge in [-0.05, 0) is 0 Å². The zero-order valence-electron chi connectivity index (χ0n) is 12.2. The maximum atomic E-state index is 9.00. The Bertz CT molecular complexity index is 211. The van der Waals surface area contributed by atoms with Crippen LogP contribution in [0.1, 0.15) is 34.6 Å². The number of carboxylic acid groups (broad SMARTS) is 5. The molecule has 0 aromatic heterocycles. The molecule has 0 amide bonds. The summed E-state index contributed by atoms with van der Waals surface area (Å²) in [4.78, 5) is 45.0. The van der Waals surface area contributed by atoms with Gasteiger partial charge in [0.05, 0.1) is 0 Å². The largest absolute Gasteiger partial charge is 0.481 e. The number of rotatable bonds is 0. The predicted molar refractivity (Wildman–Crippen MR) is 66.5 cm³/mol. The van der Waals surface area contributed by atoms with Gasteiger partial charge in [0.25, 0.3) is 29.8 Å². The SMILES string of the molecule is CC(=O)O.CC(=O)O.CC(=O)O.CC(=O)O.CC(=O)O.[Ta]. The molecule has 10 nitrogen and oxygen atoms in total. The number of carbonyl (C=O) groups is 5. The fourth-order valence-corrected chi connectivity index (χ4v) is 0. The Hall–Kier alpha value is -1.91. The Balaban J connectivity index is -0.0000000331. The van der Waals surface area contributed by atoms with E-state index >= 15 is 0 Å². The summed E-state index contributed by atoms with van der Waals surface area (Å²) >= 11 is 0. The van der Waals surface area contributed by atoms with Gasteiger partial charge >= 0.3 is 0 Å². The van der Waals surface area contributed by atoms with E-state index in [9.17, 15) is 0 Å². The summed E-state index contributed by atoms with van der Waals surface area (Å²) < 4.78 is 0. The van der Waals surface area contributed by atoms with Crippen LogP contribution in [0.4, 0.5) is 0 Å². The molecular formula is C10H20O10Ta. The van der Waals surface area contributed by atoms with Crippen LogP contribution in [0.25, 0.3) is 0 Å². The molecule has 21 heavy (non-hydrogen) atoms. The van der Waals surface area contributed by atoms with Crippen molar-refractivity contribution in [2.75, 3.05) is 0 Å². The van der Waals surface area contributed by atoms with Gasteiger partial charge in [-0.25, -0.2) is 0 Å². The molecule has 0 spiro atoms. The minimum Gasteiger partial charge on any atom is -0.481 e. The molecule has 0 aromatic carbocycles. The van der Waals surface area contributed by atoms with Crippen molar-refractivity contribution in [1.82, 2.24) is 0 Å². The zero-order valence-corrected chi connectivity index (χ0v) is 15.4. The fraction of sp³-hybridized carbons (Fsp3) is 0.500. The fourth-order valence-electron chi connectivity index (χ4n) is 0. The van der Waals surface area contributed by atoms with Crippen molar-refractivity contribution < 1.29 is 71.9 Å². The van der Waals surface area contributed by atoms with Gasteiger partial charge in [0.2, 0.25) is 0 Å². The minimum atomic E-state index is -0.833. The molecule has 0 bridgehead atoms. The topological polar surface area (TPSA) is 186 Å². The van der Waals surface area contributed by atoms with Gasteiger partial charge in [-0.2, -0.15) is 0 Å². The van der Waals surface area contributed by atoms with Gasteiger partial charge in [0.1, 0.15) is 0 Å². The summed E-state index contributed by atoms with van der Waals surface area (Å²) in [7, 11) is 0. The number of aliphatic carboxylic acids is 5. The number of carboxylic acids is 5. The molecule has 0 heterocycles. The van der Waals surface area contributed by atoms with E-state index in [2.05, 4.69) is 0 Å². The number of hydrogen-bond acceptors (Lipinski definition) is 5. The van der Waals surface area contributed by atoms with Crippen molar-refractivity contribution in [3.8, 4) is 0 Å². The van der Waals surface area contributed by atoms with Crippen LogP contribution in [0.3, 0.4) is 0 Å². The molecule has 0 saturated heterocycles. The van der Waals surface area contributed by atoms with Crippen LogP contribution in [0.15, 0.2) is 0 Å². The van der Waals surface area contributed by atoms with Crippen LogP contribution in [-0.4, -0.2) is 55.4 Å². The summed E-state index contributed by atoms with van der Waals surface area (Å²) in [6.07, 6.45) is 0. The Morgan fingerprint density at radius 1 is 0.429 bits per heavy atom. The van der Waals surface area contributed by atoms with Crippen LogP contribution >= 0.6 is 0 Å². The molecule has 0 fully saturated rings. The van der Waals surface area contributed by atoms with E-state index in [1.807, 2.05) is 0 Å². The van der Waals surface area contributed by atoms with Crippen LogP contribution in [0.5, 0.6) is 0 Å². The third-order valence-corrected chi connectivity index (χ3v) is 0. The van der Waals surface area contributed by atoms with Gasteiger partial charge in [-0.1, -0.05) is 0 Å². The standard InChI is InChI=1S/5C2H4O2.Ta/c5*1-2(3)4;/h5*1H3,(H,3,4);. The molecule has 0 unspecified atom stereocenters. The third kappa shape index (κ3) is 1280. The van der Waals surface area contributed by atoms with Crippen molar-refractivity contribution in [2.24, 2.45) is 0 Å². The van der Waals surface area contributed by atoms with Gasteiger partial charge in [-0.3, -0.25) is 24.0 Å². The van der Waals surface area contributed by atoms with E-state index in [0.29, 0.717) is 0 Å². The van der Waals surface area contributed by atoms with Crippen molar-refractivity contribution in [3.63, 3.8) is 0 Å². The summed E-state index contributed by atoms with van der Waals surface area (Å²) in [5.41, 5.74) is 0. The molecule has 0 rings (SSSR count). The van der Waals surface area contributed by atoms with Crippen molar-refractivity contribution >= 4 is 29.8 Å². The Morgan fingerprint density at radius 3 is 0.429 bits per heavy atom. The monoisotopic (exact) mass is 481 g/mol. The Kier molecular flexibility index (Phi) is 53.5. The molecule has 0 saturated carbocycles. The second-order valence-corrected chi connectivity index (χ2v) is 2.60. The van der Waals surface area contributed by atoms with Crippen molar-refractivity contribution in [3.05, 3.63) is 0 Å². The summed E-state index contributed by atoms with van der Waals surface area (Å²) in [6.45, 7) is 5.42. The zero-order chi connectivity index (χ0) is 17.9. The van der Waals surface area contributed by atoms with Crippen LogP contribution in [-0.2, 0) is 46.4 Å². The van der Waals surface area contributed by atoms with E-state index in [0.717, 1.165) is 34.6 Å².